The third kappa shape index (κ3) is 5.46. The summed E-state index contributed by atoms with van der Waals surface area (Å²) in [7, 11) is 0. The highest BCUT2D eigenvalue weighted by Crippen LogP contribution is 2.22. The van der Waals surface area contributed by atoms with Crippen LogP contribution in [0.15, 0.2) is 24.3 Å². The van der Waals surface area contributed by atoms with Crippen molar-refractivity contribution in [2.45, 2.75) is 19.2 Å². The Kier molecular flexibility index (Phi) is 5.55. The van der Waals surface area contributed by atoms with Gasteiger partial charge in [0.25, 0.3) is 0 Å². The third-order valence-corrected chi connectivity index (χ3v) is 2.27. The molecule has 0 aliphatic rings. The van der Waals surface area contributed by atoms with Gasteiger partial charge in [-0.2, -0.15) is 13.2 Å². The SMILES string of the molecule is CCNCC(OCC(F)(F)F)c1ccc(F)cc1. The molecule has 1 N–H and O–H groups in total. The van der Waals surface area contributed by atoms with E-state index in [1.165, 1.54) is 24.3 Å². The molecule has 1 rings (SSSR count). The average molecular weight is 265 g/mol. The van der Waals surface area contributed by atoms with Crippen LogP contribution in [-0.4, -0.2) is 25.9 Å². The zero-order valence-corrected chi connectivity index (χ0v) is 9.93. The molecule has 18 heavy (non-hydrogen) atoms. The molecule has 6 heteroatoms. The molecule has 0 amide bonds. The van der Waals surface area contributed by atoms with E-state index >= 15 is 0 Å². The highest BCUT2D eigenvalue weighted by atomic mass is 19.4. The van der Waals surface area contributed by atoms with Crippen molar-refractivity contribution in [3.8, 4) is 0 Å². The number of nitrogens with one attached hydrogen (secondary N) is 1. The molecular weight excluding hydrogens is 250 g/mol. The van der Waals surface area contributed by atoms with E-state index in [1.54, 1.807) is 0 Å². The summed E-state index contributed by atoms with van der Waals surface area (Å²) in [5.74, 6) is -0.434. The Morgan fingerprint density at radius 2 is 1.83 bits per heavy atom. The van der Waals surface area contributed by atoms with Crippen molar-refractivity contribution in [3.63, 3.8) is 0 Å². The molecule has 0 fully saturated rings. The van der Waals surface area contributed by atoms with Crippen LogP contribution in [0.5, 0.6) is 0 Å². The minimum atomic E-state index is -4.37. The van der Waals surface area contributed by atoms with E-state index in [-0.39, 0.29) is 6.54 Å². The van der Waals surface area contributed by atoms with E-state index in [2.05, 4.69) is 5.32 Å². The quantitative estimate of drug-likeness (QED) is 0.798. The van der Waals surface area contributed by atoms with Gasteiger partial charge >= 0.3 is 6.18 Å². The van der Waals surface area contributed by atoms with E-state index in [9.17, 15) is 17.6 Å². The second kappa shape index (κ2) is 6.70. The monoisotopic (exact) mass is 265 g/mol. The Bertz CT molecular complexity index is 350. The van der Waals surface area contributed by atoms with Crippen LogP contribution in [0.25, 0.3) is 0 Å². The van der Waals surface area contributed by atoms with E-state index in [0.717, 1.165) is 0 Å². The normalized spacial score (nSPS) is 13.6. The lowest BCUT2D eigenvalue weighted by atomic mass is 10.1. The molecule has 0 saturated carbocycles. The molecule has 1 aromatic carbocycles. The summed E-state index contributed by atoms with van der Waals surface area (Å²) in [5, 5.41) is 2.91. The first-order chi connectivity index (χ1) is 8.42. The van der Waals surface area contributed by atoms with Gasteiger partial charge in [-0.05, 0) is 24.2 Å². The Morgan fingerprint density at radius 3 is 2.33 bits per heavy atom. The van der Waals surface area contributed by atoms with Gasteiger partial charge in [0.05, 0.1) is 6.10 Å². The van der Waals surface area contributed by atoms with Crippen molar-refractivity contribution in [2.75, 3.05) is 19.7 Å². The van der Waals surface area contributed by atoms with Gasteiger partial charge in [-0.25, -0.2) is 4.39 Å². The van der Waals surface area contributed by atoms with Gasteiger partial charge in [0.15, 0.2) is 0 Å². The van der Waals surface area contributed by atoms with E-state index < -0.39 is 24.7 Å². The largest absolute Gasteiger partial charge is 0.411 e. The van der Waals surface area contributed by atoms with Gasteiger partial charge in [0.2, 0.25) is 0 Å². The first kappa shape index (κ1) is 14.9. The summed E-state index contributed by atoms with van der Waals surface area (Å²) in [4.78, 5) is 0. The highest BCUT2D eigenvalue weighted by molar-refractivity contribution is 5.19. The molecule has 1 aromatic rings. The number of hydrogen-bond donors (Lipinski definition) is 1. The lowest BCUT2D eigenvalue weighted by Gasteiger charge is -2.19. The average Bonchev–Trinajstić information content (AvgIpc) is 2.29. The number of rotatable bonds is 6. The molecule has 0 aliphatic heterocycles. The lowest BCUT2D eigenvalue weighted by molar-refractivity contribution is -0.185. The molecular formula is C12H15F4NO. The Hall–Kier alpha value is -1.14. The van der Waals surface area contributed by atoms with E-state index in [0.29, 0.717) is 12.1 Å². The first-order valence-corrected chi connectivity index (χ1v) is 5.57. The summed E-state index contributed by atoms with van der Waals surface area (Å²) in [6, 6.07) is 5.25. The smallest absolute Gasteiger partial charge is 0.363 e. The maximum atomic E-state index is 12.7. The standard InChI is InChI=1S/C12H15F4NO/c1-2-17-7-11(18-8-12(14,15)16)9-3-5-10(13)6-4-9/h3-6,11,17H,2,7-8H2,1H3. The molecule has 0 bridgehead atoms. The molecule has 0 heterocycles. The van der Waals surface area contributed by atoms with Gasteiger partial charge in [-0.15, -0.1) is 0 Å². The van der Waals surface area contributed by atoms with Crippen molar-refractivity contribution in [1.29, 1.82) is 0 Å². The fourth-order valence-electron chi connectivity index (χ4n) is 1.42. The summed E-state index contributed by atoms with van der Waals surface area (Å²) in [6.45, 7) is 1.39. The van der Waals surface area contributed by atoms with Crippen LogP contribution in [0, 0.1) is 5.82 Å². The summed E-state index contributed by atoms with van der Waals surface area (Å²) < 4.78 is 53.9. The minimum Gasteiger partial charge on any atom is -0.363 e. The molecule has 0 aliphatic carbocycles. The Labute approximate surface area is 103 Å². The predicted octanol–water partition coefficient (Wildman–Crippen LogP) is 3.06. The first-order valence-electron chi connectivity index (χ1n) is 5.57. The maximum absolute atomic E-state index is 12.7. The number of ether oxygens (including phenoxy) is 1. The highest BCUT2D eigenvalue weighted by Gasteiger charge is 2.29. The van der Waals surface area contributed by atoms with Crippen molar-refractivity contribution >= 4 is 0 Å². The number of halogens is 4. The van der Waals surface area contributed by atoms with Gasteiger partial charge < -0.3 is 10.1 Å². The van der Waals surface area contributed by atoms with Gasteiger partial charge in [-0.1, -0.05) is 19.1 Å². The zero-order chi connectivity index (χ0) is 13.6. The van der Waals surface area contributed by atoms with Crippen LogP contribution in [-0.2, 0) is 4.74 Å². The molecule has 1 unspecified atom stereocenters. The molecule has 102 valence electrons. The van der Waals surface area contributed by atoms with Crippen molar-refractivity contribution in [2.24, 2.45) is 0 Å². The van der Waals surface area contributed by atoms with Crippen molar-refractivity contribution < 1.29 is 22.3 Å². The number of likely N-dealkylation sites (N-methyl/N-ethyl adjacent to an activating group) is 1. The lowest BCUT2D eigenvalue weighted by Crippen LogP contribution is -2.27. The zero-order valence-electron chi connectivity index (χ0n) is 9.93. The molecule has 0 spiro atoms. The van der Waals surface area contributed by atoms with Crippen LogP contribution in [0.4, 0.5) is 17.6 Å². The predicted molar refractivity (Wildman–Crippen MR) is 59.7 cm³/mol. The Morgan fingerprint density at radius 1 is 1.22 bits per heavy atom. The van der Waals surface area contributed by atoms with E-state index in [4.69, 9.17) is 4.74 Å². The Balaban J connectivity index is 2.68. The molecule has 0 aromatic heterocycles. The molecule has 1 atom stereocenters. The maximum Gasteiger partial charge on any atom is 0.411 e. The van der Waals surface area contributed by atoms with Crippen LogP contribution < -0.4 is 5.32 Å². The van der Waals surface area contributed by atoms with Gasteiger partial charge in [0, 0.05) is 6.54 Å². The third-order valence-electron chi connectivity index (χ3n) is 2.27. The number of benzene rings is 1. The van der Waals surface area contributed by atoms with Crippen molar-refractivity contribution in [1.82, 2.24) is 5.32 Å². The summed E-state index contributed by atoms with van der Waals surface area (Å²) in [6.07, 6.45) is -5.11. The van der Waals surface area contributed by atoms with Crippen LogP contribution in [0.3, 0.4) is 0 Å². The number of alkyl halides is 3. The fraction of sp³-hybridized carbons (Fsp3) is 0.500. The van der Waals surface area contributed by atoms with Crippen molar-refractivity contribution in [3.05, 3.63) is 35.6 Å². The second-order valence-electron chi connectivity index (χ2n) is 3.77. The van der Waals surface area contributed by atoms with Gasteiger partial charge in [-0.3, -0.25) is 0 Å². The van der Waals surface area contributed by atoms with Crippen LogP contribution in [0.1, 0.15) is 18.6 Å². The topological polar surface area (TPSA) is 21.3 Å². The minimum absolute atomic E-state index is 0.248. The summed E-state index contributed by atoms with van der Waals surface area (Å²) in [5.41, 5.74) is 0.515. The summed E-state index contributed by atoms with van der Waals surface area (Å²) >= 11 is 0. The molecule has 2 nitrogen and oxygen atoms in total. The van der Waals surface area contributed by atoms with Crippen LogP contribution in [0.2, 0.25) is 0 Å². The molecule has 0 saturated heterocycles. The van der Waals surface area contributed by atoms with Crippen LogP contribution >= 0.6 is 0 Å². The number of hydrogen-bond acceptors (Lipinski definition) is 2. The fourth-order valence-corrected chi connectivity index (χ4v) is 1.42. The van der Waals surface area contributed by atoms with Gasteiger partial charge in [0.1, 0.15) is 12.4 Å². The second-order valence-corrected chi connectivity index (χ2v) is 3.77. The van der Waals surface area contributed by atoms with E-state index in [1.807, 2.05) is 6.92 Å². The molecule has 0 radical (unpaired) electrons.